The van der Waals surface area contributed by atoms with Gasteiger partial charge in [-0.15, -0.1) is 0 Å². The summed E-state index contributed by atoms with van der Waals surface area (Å²) in [7, 11) is -2.59. The van der Waals surface area contributed by atoms with E-state index >= 15 is 0 Å². The van der Waals surface area contributed by atoms with Gasteiger partial charge in [0.15, 0.2) is 0 Å². The van der Waals surface area contributed by atoms with Crippen molar-refractivity contribution < 1.29 is 27.9 Å². The van der Waals surface area contributed by atoms with Crippen molar-refractivity contribution in [3.63, 3.8) is 0 Å². The number of hydrogen-bond donors (Lipinski definition) is 3. The number of primary sulfonamides is 1. The Morgan fingerprint density at radius 3 is 2.38 bits per heavy atom. The van der Waals surface area contributed by atoms with Gasteiger partial charge in [-0.1, -0.05) is 0 Å². The average Bonchev–Trinajstić information content (AvgIpc) is 2.38. The van der Waals surface area contributed by atoms with Gasteiger partial charge in [0.25, 0.3) is 5.91 Å². The second-order valence-corrected chi connectivity index (χ2v) is 7.51. The fourth-order valence-electron chi connectivity index (χ4n) is 2.38. The van der Waals surface area contributed by atoms with Crippen LogP contribution in [0.1, 0.15) is 34.8 Å². The molecule has 1 atom stereocenters. The van der Waals surface area contributed by atoms with Crippen LogP contribution in [0.15, 0.2) is 17.0 Å². The maximum atomic E-state index is 12.5. The molecule has 0 fully saturated rings. The van der Waals surface area contributed by atoms with Crippen molar-refractivity contribution in [3.8, 4) is 0 Å². The molecule has 0 heterocycles. The number of carbonyl (C=O) groups excluding carboxylic acids is 1. The number of carbonyl (C=O) groups is 2. The Morgan fingerprint density at radius 1 is 1.33 bits per heavy atom. The Morgan fingerprint density at radius 2 is 1.92 bits per heavy atom. The fraction of sp³-hybridized carbons (Fsp3) is 0.467. The second-order valence-electron chi connectivity index (χ2n) is 5.98. The number of amides is 1. The Labute approximate surface area is 141 Å². The smallest absolute Gasteiger partial charge is 0.305 e. The van der Waals surface area contributed by atoms with Crippen LogP contribution in [-0.4, -0.2) is 44.7 Å². The number of rotatable bonds is 7. The molecular weight excluding hydrogens is 336 g/mol. The number of hydrogen-bond acceptors (Lipinski definition) is 5. The van der Waals surface area contributed by atoms with Crippen molar-refractivity contribution in [2.24, 2.45) is 5.14 Å². The molecule has 4 N–H and O–H groups in total. The molecule has 0 aromatic heterocycles. The maximum absolute atomic E-state index is 12.5. The first-order valence-electron chi connectivity index (χ1n) is 7.07. The van der Waals surface area contributed by atoms with Gasteiger partial charge in [-0.05, 0) is 44.0 Å². The summed E-state index contributed by atoms with van der Waals surface area (Å²) in [4.78, 5) is 23.3. The normalized spacial score (nSPS) is 14.0. The number of sulfonamides is 1. The van der Waals surface area contributed by atoms with Crippen LogP contribution in [0.2, 0.25) is 0 Å². The number of methoxy groups -OCH3 is 1. The van der Waals surface area contributed by atoms with Crippen molar-refractivity contribution in [1.29, 1.82) is 0 Å². The summed E-state index contributed by atoms with van der Waals surface area (Å²) in [5.74, 6) is -1.70. The van der Waals surface area contributed by atoms with Crippen LogP contribution in [0.4, 0.5) is 0 Å². The minimum atomic E-state index is -3.98. The van der Waals surface area contributed by atoms with Gasteiger partial charge in [-0.2, -0.15) is 0 Å². The van der Waals surface area contributed by atoms with Crippen LogP contribution in [-0.2, 0) is 19.6 Å². The maximum Gasteiger partial charge on any atom is 0.305 e. The summed E-state index contributed by atoms with van der Waals surface area (Å²) in [6.45, 7) is 4.77. The molecule has 1 unspecified atom stereocenters. The standard InChI is InChI=1S/C15H22N2O6S/c1-9-5-11(6-12(10(9)2)24(16,21)22)14(20)17-15(3,8-23-4)7-13(18)19/h5-6H,7-8H2,1-4H3,(H,17,20)(H,18,19)(H2,16,21,22). The van der Waals surface area contributed by atoms with Crippen LogP contribution in [0.3, 0.4) is 0 Å². The van der Waals surface area contributed by atoms with Gasteiger partial charge in [0.2, 0.25) is 10.0 Å². The molecule has 8 nitrogen and oxygen atoms in total. The van der Waals surface area contributed by atoms with Gasteiger partial charge in [-0.3, -0.25) is 9.59 Å². The van der Waals surface area contributed by atoms with Crippen molar-refractivity contribution in [3.05, 3.63) is 28.8 Å². The van der Waals surface area contributed by atoms with Crippen molar-refractivity contribution in [2.45, 2.75) is 37.6 Å². The van der Waals surface area contributed by atoms with E-state index in [-0.39, 0.29) is 23.5 Å². The molecule has 1 rings (SSSR count). The molecule has 9 heteroatoms. The molecule has 0 radical (unpaired) electrons. The molecule has 0 aliphatic rings. The summed E-state index contributed by atoms with van der Waals surface area (Å²) >= 11 is 0. The third kappa shape index (κ3) is 5.02. The molecule has 1 aromatic carbocycles. The van der Waals surface area contributed by atoms with Crippen LogP contribution >= 0.6 is 0 Å². The van der Waals surface area contributed by atoms with E-state index < -0.39 is 27.4 Å². The monoisotopic (exact) mass is 358 g/mol. The zero-order valence-electron chi connectivity index (χ0n) is 14.0. The first kappa shape index (κ1) is 20.1. The Bertz CT molecular complexity index is 759. The number of aryl methyl sites for hydroxylation is 1. The summed E-state index contributed by atoms with van der Waals surface area (Å²) in [5.41, 5.74) is -0.0227. The number of nitrogens with one attached hydrogen (secondary N) is 1. The number of ether oxygens (including phenoxy) is 1. The highest BCUT2D eigenvalue weighted by atomic mass is 32.2. The van der Waals surface area contributed by atoms with E-state index in [4.69, 9.17) is 15.0 Å². The van der Waals surface area contributed by atoms with E-state index in [1.165, 1.54) is 26.2 Å². The summed E-state index contributed by atoms with van der Waals surface area (Å²) in [5, 5.41) is 16.8. The highest BCUT2D eigenvalue weighted by Gasteiger charge is 2.30. The highest BCUT2D eigenvalue weighted by molar-refractivity contribution is 7.89. The molecule has 0 saturated carbocycles. The molecule has 24 heavy (non-hydrogen) atoms. The predicted molar refractivity (Wildman–Crippen MR) is 87.3 cm³/mol. The lowest BCUT2D eigenvalue weighted by Crippen LogP contribution is -2.50. The quantitative estimate of drug-likeness (QED) is 0.651. The zero-order chi connectivity index (χ0) is 18.7. The van der Waals surface area contributed by atoms with Gasteiger partial charge in [0, 0.05) is 12.7 Å². The first-order valence-corrected chi connectivity index (χ1v) is 8.61. The summed E-state index contributed by atoms with van der Waals surface area (Å²) < 4.78 is 28.3. The lowest BCUT2D eigenvalue weighted by atomic mass is 9.97. The van der Waals surface area contributed by atoms with Crippen LogP contribution in [0, 0.1) is 13.8 Å². The Balaban J connectivity index is 3.24. The number of nitrogens with two attached hydrogens (primary N) is 1. The molecule has 1 aromatic rings. The molecule has 0 saturated heterocycles. The summed E-state index contributed by atoms with van der Waals surface area (Å²) in [6.07, 6.45) is -0.348. The van der Waals surface area contributed by atoms with Gasteiger partial charge >= 0.3 is 5.97 Å². The lowest BCUT2D eigenvalue weighted by molar-refractivity contribution is -0.139. The average molecular weight is 358 g/mol. The largest absolute Gasteiger partial charge is 0.481 e. The molecule has 0 aliphatic carbocycles. The topological polar surface area (TPSA) is 136 Å². The van der Waals surface area contributed by atoms with Crippen molar-refractivity contribution in [1.82, 2.24) is 5.32 Å². The summed E-state index contributed by atoms with van der Waals surface area (Å²) in [6, 6.07) is 2.70. The molecule has 0 bridgehead atoms. The van der Waals surface area contributed by atoms with Crippen LogP contribution in [0.25, 0.3) is 0 Å². The Hall–Kier alpha value is -1.97. The third-order valence-electron chi connectivity index (χ3n) is 3.61. The number of carboxylic acid groups (broad SMARTS) is 1. The van der Waals surface area contributed by atoms with E-state index in [0.29, 0.717) is 11.1 Å². The first-order chi connectivity index (χ1) is 10.9. The third-order valence-corrected chi connectivity index (χ3v) is 4.65. The lowest BCUT2D eigenvalue weighted by Gasteiger charge is -2.28. The van der Waals surface area contributed by atoms with E-state index in [0.717, 1.165) is 0 Å². The minimum absolute atomic E-state index is 0.0159. The van der Waals surface area contributed by atoms with Crippen LogP contribution < -0.4 is 10.5 Å². The molecular formula is C15H22N2O6S. The van der Waals surface area contributed by atoms with Crippen LogP contribution in [0.5, 0.6) is 0 Å². The molecule has 134 valence electrons. The van der Waals surface area contributed by atoms with Gasteiger partial charge in [0.1, 0.15) is 0 Å². The number of aliphatic carboxylic acids is 1. The molecule has 0 spiro atoms. The van der Waals surface area contributed by atoms with Gasteiger partial charge in [0.05, 0.1) is 23.5 Å². The molecule has 1 amide bonds. The Kier molecular flexibility index (Phi) is 6.09. The highest BCUT2D eigenvalue weighted by Crippen LogP contribution is 2.21. The van der Waals surface area contributed by atoms with E-state index in [9.17, 15) is 18.0 Å². The zero-order valence-corrected chi connectivity index (χ0v) is 14.9. The van der Waals surface area contributed by atoms with Gasteiger partial charge < -0.3 is 15.2 Å². The second kappa shape index (κ2) is 7.29. The van der Waals surface area contributed by atoms with E-state index in [1.807, 2.05) is 0 Å². The fourth-order valence-corrected chi connectivity index (χ4v) is 3.26. The van der Waals surface area contributed by atoms with E-state index in [2.05, 4.69) is 5.32 Å². The minimum Gasteiger partial charge on any atom is -0.481 e. The number of benzene rings is 1. The van der Waals surface area contributed by atoms with Crippen molar-refractivity contribution in [2.75, 3.05) is 13.7 Å². The van der Waals surface area contributed by atoms with Crippen molar-refractivity contribution >= 4 is 21.9 Å². The SMILES string of the molecule is COCC(C)(CC(=O)O)NC(=O)c1cc(C)c(C)c(S(N)(=O)=O)c1. The molecule has 0 aliphatic heterocycles. The predicted octanol–water partition coefficient (Wildman–Crippen LogP) is 0.560. The number of carboxylic acids is 1. The van der Waals surface area contributed by atoms with E-state index in [1.54, 1.807) is 13.8 Å². The van der Waals surface area contributed by atoms with Gasteiger partial charge in [-0.25, -0.2) is 13.6 Å².